The summed E-state index contributed by atoms with van der Waals surface area (Å²) >= 11 is 0. The number of aliphatic hydroxyl groups is 1. The molecule has 0 aliphatic heterocycles. The lowest BCUT2D eigenvalue weighted by Gasteiger charge is -2.17. The Labute approximate surface area is 92.4 Å². The van der Waals surface area contributed by atoms with Crippen molar-refractivity contribution in [3.05, 3.63) is 30.3 Å². The molecule has 1 heterocycles. The van der Waals surface area contributed by atoms with Crippen LogP contribution in [0.5, 0.6) is 0 Å². The lowest BCUT2D eigenvalue weighted by molar-refractivity contribution is 0.304. The third-order valence-electron chi connectivity index (χ3n) is 2.37. The maximum absolute atomic E-state index is 13.1. The zero-order valence-electron chi connectivity index (χ0n) is 8.89. The molecule has 0 radical (unpaired) electrons. The van der Waals surface area contributed by atoms with Gasteiger partial charge in [-0.2, -0.15) is 0 Å². The first-order valence-electron chi connectivity index (χ1n) is 4.94. The van der Waals surface area contributed by atoms with Gasteiger partial charge in [0.2, 0.25) is 0 Å². The quantitative estimate of drug-likeness (QED) is 0.846. The Hall–Kier alpha value is -1.75. The van der Waals surface area contributed by atoms with Gasteiger partial charge in [0, 0.05) is 19.0 Å². The second-order valence-corrected chi connectivity index (χ2v) is 3.50. The van der Waals surface area contributed by atoms with Crippen molar-refractivity contribution in [3.8, 4) is 0 Å². The van der Waals surface area contributed by atoms with E-state index in [1.54, 1.807) is 18.0 Å². The Bertz CT molecular complexity index is 504. The fraction of sp³-hybridized carbons (Fsp3) is 0.273. The summed E-state index contributed by atoms with van der Waals surface area (Å²) in [6.45, 7) is 0.472. The smallest absolute Gasteiger partial charge is 0.139 e. The molecule has 2 aromatic rings. The lowest BCUT2D eigenvalue weighted by atomic mass is 10.2. The summed E-state index contributed by atoms with van der Waals surface area (Å²) < 4.78 is 13.1. The Kier molecular flexibility index (Phi) is 2.96. The highest BCUT2D eigenvalue weighted by atomic mass is 19.1. The third-order valence-corrected chi connectivity index (χ3v) is 2.37. The maximum Gasteiger partial charge on any atom is 0.139 e. The Balaban J connectivity index is 2.55. The highest BCUT2D eigenvalue weighted by Gasteiger charge is 2.08. The molecular formula is C11H12FN3O. The molecule has 4 nitrogen and oxygen atoms in total. The molecule has 5 heteroatoms. The number of benzene rings is 1. The highest BCUT2D eigenvalue weighted by molar-refractivity contribution is 5.89. The van der Waals surface area contributed by atoms with Crippen LogP contribution >= 0.6 is 0 Å². The monoisotopic (exact) mass is 221 g/mol. The number of anilines is 1. The van der Waals surface area contributed by atoms with Crippen molar-refractivity contribution in [1.82, 2.24) is 9.97 Å². The maximum atomic E-state index is 13.1. The van der Waals surface area contributed by atoms with Crippen molar-refractivity contribution in [2.75, 3.05) is 25.1 Å². The van der Waals surface area contributed by atoms with E-state index in [1.807, 2.05) is 0 Å². The standard InChI is InChI=1S/C11H12FN3O/c1-15(4-5-16)11-9-6-8(12)2-3-10(9)13-7-14-11/h2-3,6-7,16H,4-5H2,1H3. The number of aliphatic hydroxyl groups excluding tert-OH is 1. The molecule has 0 saturated heterocycles. The number of nitrogens with zero attached hydrogens (tertiary/aromatic N) is 3. The third kappa shape index (κ3) is 1.94. The van der Waals surface area contributed by atoms with Gasteiger partial charge >= 0.3 is 0 Å². The number of halogens is 1. The Morgan fingerprint density at radius 1 is 1.38 bits per heavy atom. The Morgan fingerprint density at radius 3 is 2.94 bits per heavy atom. The van der Waals surface area contributed by atoms with Crippen molar-refractivity contribution >= 4 is 16.7 Å². The number of likely N-dealkylation sites (N-methyl/N-ethyl adjacent to an activating group) is 1. The Morgan fingerprint density at radius 2 is 2.19 bits per heavy atom. The van der Waals surface area contributed by atoms with Crippen LogP contribution in [0.15, 0.2) is 24.5 Å². The molecule has 0 saturated carbocycles. The first-order valence-corrected chi connectivity index (χ1v) is 4.94. The molecule has 0 amide bonds. The summed E-state index contributed by atoms with van der Waals surface area (Å²) in [5.41, 5.74) is 0.691. The molecule has 16 heavy (non-hydrogen) atoms. The average molecular weight is 221 g/mol. The van der Waals surface area contributed by atoms with Crippen molar-refractivity contribution in [1.29, 1.82) is 0 Å². The van der Waals surface area contributed by atoms with E-state index in [0.717, 1.165) is 0 Å². The van der Waals surface area contributed by atoms with Crippen molar-refractivity contribution in [2.45, 2.75) is 0 Å². The van der Waals surface area contributed by atoms with Gasteiger partial charge < -0.3 is 10.0 Å². The number of aromatic nitrogens is 2. The minimum Gasteiger partial charge on any atom is -0.395 e. The zero-order chi connectivity index (χ0) is 11.5. The van der Waals surface area contributed by atoms with Crippen molar-refractivity contribution in [2.24, 2.45) is 0 Å². The normalized spacial score (nSPS) is 10.7. The molecule has 0 bridgehead atoms. The summed E-state index contributed by atoms with van der Waals surface area (Å²) in [5, 5.41) is 9.52. The second-order valence-electron chi connectivity index (χ2n) is 3.50. The van der Waals surface area contributed by atoms with E-state index < -0.39 is 0 Å². The summed E-state index contributed by atoms with van der Waals surface area (Å²) in [7, 11) is 1.79. The zero-order valence-corrected chi connectivity index (χ0v) is 8.89. The molecule has 1 aromatic carbocycles. The van der Waals surface area contributed by atoms with Crippen molar-refractivity contribution < 1.29 is 9.50 Å². The molecule has 0 spiro atoms. The fourth-order valence-electron chi connectivity index (χ4n) is 1.58. The molecule has 1 aromatic heterocycles. The lowest BCUT2D eigenvalue weighted by Crippen LogP contribution is -2.22. The van der Waals surface area contributed by atoms with E-state index in [0.29, 0.717) is 23.3 Å². The topological polar surface area (TPSA) is 49.2 Å². The first-order chi connectivity index (χ1) is 7.72. The van der Waals surface area contributed by atoms with Crippen LogP contribution in [0.2, 0.25) is 0 Å². The summed E-state index contributed by atoms with van der Waals surface area (Å²) in [5.74, 6) is 0.305. The number of fused-ring (bicyclic) bond motifs is 1. The van der Waals surface area contributed by atoms with Crippen LogP contribution in [-0.2, 0) is 0 Å². The molecule has 84 valence electrons. The number of rotatable bonds is 3. The summed E-state index contributed by atoms with van der Waals surface area (Å²) in [4.78, 5) is 9.93. The van der Waals surface area contributed by atoms with Crippen LogP contribution in [0.25, 0.3) is 10.9 Å². The van der Waals surface area contributed by atoms with Crippen LogP contribution in [0.3, 0.4) is 0 Å². The largest absolute Gasteiger partial charge is 0.395 e. The SMILES string of the molecule is CN(CCO)c1ncnc2ccc(F)cc12. The molecule has 1 N–H and O–H groups in total. The van der Waals surface area contributed by atoms with Gasteiger partial charge in [0.05, 0.1) is 12.1 Å². The predicted molar refractivity (Wildman–Crippen MR) is 59.9 cm³/mol. The van der Waals surface area contributed by atoms with Crippen molar-refractivity contribution in [3.63, 3.8) is 0 Å². The molecule has 0 fully saturated rings. The minimum absolute atomic E-state index is 0.0251. The van der Waals surface area contributed by atoms with Crippen LogP contribution in [0.4, 0.5) is 10.2 Å². The van der Waals surface area contributed by atoms with E-state index in [9.17, 15) is 4.39 Å². The average Bonchev–Trinajstić information content (AvgIpc) is 2.28. The molecular weight excluding hydrogens is 209 g/mol. The molecule has 2 rings (SSSR count). The van der Waals surface area contributed by atoms with E-state index in [2.05, 4.69) is 9.97 Å². The van der Waals surface area contributed by atoms with Crippen LogP contribution < -0.4 is 4.90 Å². The van der Waals surface area contributed by atoms with Crippen LogP contribution in [0.1, 0.15) is 0 Å². The van der Waals surface area contributed by atoms with Gasteiger partial charge in [-0.25, -0.2) is 14.4 Å². The molecule has 0 atom stereocenters. The summed E-state index contributed by atoms with van der Waals surface area (Å²) in [6.07, 6.45) is 1.43. The van der Waals surface area contributed by atoms with E-state index in [4.69, 9.17) is 5.11 Å². The molecule has 0 aliphatic carbocycles. The minimum atomic E-state index is -0.319. The van der Waals surface area contributed by atoms with Gasteiger partial charge in [-0.15, -0.1) is 0 Å². The van der Waals surface area contributed by atoms with Crippen LogP contribution in [-0.4, -0.2) is 35.3 Å². The molecule has 0 aliphatic rings. The van der Waals surface area contributed by atoms with E-state index >= 15 is 0 Å². The molecule has 0 unspecified atom stereocenters. The highest BCUT2D eigenvalue weighted by Crippen LogP contribution is 2.22. The first kappa shape index (κ1) is 10.8. The van der Waals surface area contributed by atoms with Crippen LogP contribution in [0, 0.1) is 5.82 Å². The fourth-order valence-corrected chi connectivity index (χ4v) is 1.58. The summed E-state index contributed by atoms with van der Waals surface area (Å²) in [6, 6.07) is 4.38. The van der Waals surface area contributed by atoms with Gasteiger partial charge in [-0.05, 0) is 18.2 Å². The van der Waals surface area contributed by atoms with Gasteiger partial charge in [0.25, 0.3) is 0 Å². The van der Waals surface area contributed by atoms with Gasteiger partial charge in [-0.3, -0.25) is 0 Å². The predicted octanol–water partition coefficient (Wildman–Crippen LogP) is 1.20. The second kappa shape index (κ2) is 4.40. The van der Waals surface area contributed by atoms with Gasteiger partial charge in [-0.1, -0.05) is 0 Å². The van der Waals surface area contributed by atoms with E-state index in [1.165, 1.54) is 18.5 Å². The van der Waals surface area contributed by atoms with E-state index in [-0.39, 0.29) is 12.4 Å². The van der Waals surface area contributed by atoms with Gasteiger partial charge in [0.15, 0.2) is 0 Å². The van der Waals surface area contributed by atoms with Gasteiger partial charge in [0.1, 0.15) is 18.0 Å². The number of hydrogen-bond acceptors (Lipinski definition) is 4. The number of hydrogen-bond donors (Lipinski definition) is 1.